The molecule has 4 heteroatoms. The Labute approximate surface area is 117 Å². The zero-order valence-electron chi connectivity index (χ0n) is 12.8. The normalized spacial score (nSPS) is 18.5. The fourth-order valence-corrected chi connectivity index (χ4v) is 2.91. The van der Waals surface area contributed by atoms with Gasteiger partial charge in [0.2, 0.25) is 0 Å². The van der Waals surface area contributed by atoms with E-state index in [2.05, 4.69) is 17.3 Å². The van der Waals surface area contributed by atoms with E-state index < -0.39 is 0 Å². The lowest BCUT2D eigenvalue weighted by molar-refractivity contribution is -0.146. The minimum atomic E-state index is -0.196. The Hall–Kier alpha value is -0.610. The van der Waals surface area contributed by atoms with Gasteiger partial charge in [-0.3, -0.25) is 4.79 Å². The van der Waals surface area contributed by atoms with E-state index in [-0.39, 0.29) is 12.0 Å². The number of carbonyl (C=O) groups excluding carboxylic acids is 1. The number of carbonyl (C=O) groups is 1. The van der Waals surface area contributed by atoms with Crippen LogP contribution in [0.5, 0.6) is 0 Å². The first-order valence-corrected chi connectivity index (χ1v) is 7.75. The van der Waals surface area contributed by atoms with E-state index in [4.69, 9.17) is 4.74 Å². The van der Waals surface area contributed by atoms with Crippen molar-refractivity contribution in [2.75, 3.05) is 33.3 Å². The molecular weight excluding hydrogens is 240 g/mol. The Bertz CT molecular complexity index is 253. The first-order valence-electron chi connectivity index (χ1n) is 7.75. The molecule has 1 atom stereocenters. The quantitative estimate of drug-likeness (QED) is 0.685. The number of nitrogens with one attached hydrogen (secondary N) is 1. The summed E-state index contributed by atoms with van der Waals surface area (Å²) in [5, 5.41) is 3.22. The second kappa shape index (κ2) is 9.32. The van der Waals surface area contributed by atoms with Crippen molar-refractivity contribution >= 4 is 5.97 Å². The van der Waals surface area contributed by atoms with Gasteiger partial charge < -0.3 is 15.0 Å². The van der Waals surface area contributed by atoms with Crippen LogP contribution in [0.1, 0.15) is 46.0 Å². The molecule has 0 aliphatic heterocycles. The van der Waals surface area contributed by atoms with E-state index in [9.17, 15) is 4.79 Å². The molecule has 0 spiro atoms. The molecule has 0 heterocycles. The van der Waals surface area contributed by atoms with Gasteiger partial charge >= 0.3 is 5.97 Å². The van der Waals surface area contributed by atoms with Gasteiger partial charge in [-0.1, -0.05) is 26.2 Å². The lowest BCUT2D eigenvalue weighted by atomic mass is 9.89. The Morgan fingerprint density at radius 2 is 2.00 bits per heavy atom. The molecule has 0 aromatic heterocycles. The van der Waals surface area contributed by atoms with E-state index in [1.54, 1.807) is 0 Å². The topological polar surface area (TPSA) is 41.6 Å². The van der Waals surface area contributed by atoms with Crippen LogP contribution >= 0.6 is 0 Å². The van der Waals surface area contributed by atoms with Crippen molar-refractivity contribution in [3.05, 3.63) is 0 Å². The third-order valence-electron chi connectivity index (χ3n) is 3.81. The SMILES string of the molecule is CCNC(CN(C)CC1CCCCC1)C(=O)OCC. The highest BCUT2D eigenvalue weighted by atomic mass is 16.5. The van der Waals surface area contributed by atoms with Crippen LogP contribution in [0.2, 0.25) is 0 Å². The molecule has 1 unspecified atom stereocenters. The molecule has 1 fully saturated rings. The van der Waals surface area contributed by atoms with Gasteiger partial charge in [0.05, 0.1) is 6.61 Å². The van der Waals surface area contributed by atoms with Crippen LogP contribution < -0.4 is 5.32 Å². The lowest BCUT2D eigenvalue weighted by Crippen LogP contribution is -2.47. The van der Waals surface area contributed by atoms with Gasteiger partial charge in [-0.2, -0.15) is 0 Å². The van der Waals surface area contributed by atoms with Gasteiger partial charge in [-0.15, -0.1) is 0 Å². The monoisotopic (exact) mass is 270 g/mol. The maximum Gasteiger partial charge on any atom is 0.324 e. The zero-order valence-corrected chi connectivity index (χ0v) is 12.8. The number of nitrogens with zero attached hydrogens (tertiary/aromatic N) is 1. The molecular formula is C15H30N2O2. The van der Waals surface area contributed by atoms with Crippen molar-refractivity contribution < 1.29 is 9.53 Å². The van der Waals surface area contributed by atoms with Gasteiger partial charge in [-0.05, 0) is 39.3 Å². The predicted octanol–water partition coefficient (Wildman–Crippen LogP) is 2.04. The van der Waals surface area contributed by atoms with Crippen molar-refractivity contribution in [1.82, 2.24) is 10.2 Å². The van der Waals surface area contributed by atoms with E-state index >= 15 is 0 Å². The summed E-state index contributed by atoms with van der Waals surface area (Å²) >= 11 is 0. The average Bonchev–Trinajstić information content (AvgIpc) is 2.39. The third kappa shape index (κ3) is 6.39. The molecule has 1 aliphatic carbocycles. The van der Waals surface area contributed by atoms with E-state index in [1.807, 2.05) is 13.8 Å². The summed E-state index contributed by atoms with van der Waals surface area (Å²) in [6, 6.07) is -0.196. The van der Waals surface area contributed by atoms with E-state index in [0.29, 0.717) is 6.61 Å². The van der Waals surface area contributed by atoms with Crippen LogP contribution in [0.25, 0.3) is 0 Å². The van der Waals surface area contributed by atoms with Crippen LogP contribution in [-0.4, -0.2) is 50.2 Å². The minimum absolute atomic E-state index is 0.125. The van der Waals surface area contributed by atoms with Crippen LogP contribution in [0.3, 0.4) is 0 Å². The Morgan fingerprint density at radius 3 is 2.58 bits per heavy atom. The molecule has 19 heavy (non-hydrogen) atoms. The summed E-state index contributed by atoms with van der Waals surface area (Å²) in [7, 11) is 2.11. The van der Waals surface area contributed by atoms with Crippen molar-refractivity contribution in [1.29, 1.82) is 0 Å². The molecule has 112 valence electrons. The summed E-state index contributed by atoms with van der Waals surface area (Å²) in [5.74, 6) is 0.683. The molecule has 0 aromatic carbocycles. The lowest BCUT2D eigenvalue weighted by Gasteiger charge is -2.29. The average molecular weight is 270 g/mol. The smallest absolute Gasteiger partial charge is 0.324 e. The highest BCUT2D eigenvalue weighted by Gasteiger charge is 2.22. The zero-order chi connectivity index (χ0) is 14.1. The molecule has 0 bridgehead atoms. The highest BCUT2D eigenvalue weighted by Crippen LogP contribution is 2.24. The molecule has 1 N–H and O–H groups in total. The fourth-order valence-electron chi connectivity index (χ4n) is 2.91. The standard InChI is InChI=1S/C15H30N2O2/c1-4-16-14(15(18)19-5-2)12-17(3)11-13-9-7-6-8-10-13/h13-14,16H,4-12H2,1-3H3. The Morgan fingerprint density at radius 1 is 1.32 bits per heavy atom. The number of rotatable bonds is 8. The van der Waals surface area contributed by atoms with Crippen LogP contribution in [0, 0.1) is 5.92 Å². The second-order valence-corrected chi connectivity index (χ2v) is 5.59. The predicted molar refractivity (Wildman–Crippen MR) is 78.2 cm³/mol. The molecule has 4 nitrogen and oxygen atoms in total. The number of ether oxygens (including phenoxy) is 1. The number of likely N-dealkylation sites (N-methyl/N-ethyl adjacent to an activating group) is 2. The van der Waals surface area contributed by atoms with Gasteiger partial charge in [0.1, 0.15) is 6.04 Å². The number of hydrogen-bond donors (Lipinski definition) is 1. The highest BCUT2D eigenvalue weighted by molar-refractivity contribution is 5.76. The van der Waals surface area contributed by atoms with Gasteiger partial charge in [-0.25, -0.2) is 0 Å². The molecule has 0 saturated heterocycles. The maximum atomic E-state index is 11.8. The molecule has 0 radical (unpaired) electrons. The van der Waals surface area contributed by atoms with Crippen molar-refractivity contribution in [3.8, 4) is 0 Å². The summed E-state index contributed by atoms with van der Waals surface area (Å²) in [4.78, 5) is 14.1. The second-order valence-electron chi connectivity index (χ2n) is 5.59. The summed E-state index contributed by atoms with van der Waals surface area (Å²) < 4.78 is 5.12. The largest absolute Gasteiger partial charge is 0.465 e. The number of esters is 1. The summed E-state index contributed by atoms with van der Waals surface area (Å²) in [5.41, 5.74) is 0. The van der Waals surface area contributed by atoms with Gasteiger partial charge in [0.15, 0.2) is 0 Å². The Kier molecular flexibility index (Phi) is 8.07. The Balaban J connectivity index is 2.36. The fraction of sp³-hybridized carbons (Fsp3) is 0.933. The molecule has 1 aliphatic rings. The van der Waals surface area contributed by atoms with Crippen molar-refractivity contribution in [2.24, 2.45) is 5.92 Å². The first-order chi connectivity index (χ1) is 9.17. The van der Waals surface area contributed by atoms with Crippen LogP contribution in [0.4, 0.5) is 0 Å². The molecule has 1 saturated carbocycles. The summed E-state index contributed by atoms with van der Waals surface area (Å²) in [6.45, 7) is 6.96. The van der Waals surface area contributed by atoms with Gasteiger partial charge in [0, 0.05) is 13.1 Å². The van der Waals surface area contributed by atoms with Crippen molar-refractivity contribution in [2.45, 2.75) is 52.0 Å². The molecule has 0 aromatic rings. The van der Waals surface area contributed by atoms with E-state index in [0.717, 1.165) is 25.6 Å². The number of hydrogen-bond acceptors (Lipinski definition) is 4. The minimum Gasteiger partial charge on any atom is -0.465 e. The maximum absolute atomic E-state index is 11.8. The molecule has 1 rings (SSSR count). The first kappa shape index (κ1) is 16.4. The third-order valence-corrected chi connectivity index (χ3v) is 3.81. The van der Waals surface area contributed by atoms with E-state index in [1.165, 1.54) is 32.1 Å². The van der Waals surface area contributed by atoms with Crippen LogP contribution in [-0.2, 0) is 9.53 Å². The van der Waals surface area contributed by atoms with Gasteiger partial charge in [0.25, 0.3) is 0 Å². The summed E-state index contributed by atoms with van der Waals surface area (Å²) in [6.07, 6.45) is 6.81. The van der Waals surface area contributed by atoms with Crippen LogP contribution in [0.15, 0.2) is 0 Å². The molecule has 0 amide bonds. The van der Waals surface area contributed by atoms with Crippen molar-refractivity contribution in [3.63, 3.8) is 0 Å².